The predicted molar refractivity (Wildman–Crippen MR) is 126 cm³/mol. The summed E-state index contributed by atoms with van der Waals surface area (Å²) in [6.07, 6.45) is 3.49. The molecule has 158 valence electrons. The van der Waals surface area contributed by atoms with Gasteiger partial charge < -0.3 is 14.7 Å². The van der Waals surface area contributed by atoms with Crippen molar-refractivity contribution in [1.29, 1.82) is 0 Å². The lowest BCUT2D eigenvalue weighted by molar-refractivity contribution is 0.432. The largest absolute Gasteiger partial charge is 0.508 e. The number of phenolic OH excluding ortho intramolecular Hbond substituents is 2. The Morgan fingerprint density at radius 1 is 0.677 bits per heavy atom. The molecular weight excluding hydrogens is 386 g/mol. The Balaban J connectivity index is 0.000000207. The minimum atomic E-state index is 0.284. The summed E-state index contributed by atoms with van der Waals surface area (Å²) < 4.78 is 4.97. The fourth-order valence-corrected chi connectivity index (χ4v) is 3.48. The second-order valence-electron chi connectivity index (χ2n) is 7.00. The highest BCUT2D eigenvalue weighted by atomic mass is 16.5. The van der Waals surface area contributed by atoms with Gasteiger partial charge in [0, 0.05) is 11.6 Å². The fraction of sp³-hybridized carbons (Fsp3) is 0.148. The molecule has 0 fully saturated rings. The third-order valence-electron chi connectivity index (χ3n) is 5.00. The number of rotatable bonds is 5. The predicted octanol–water partition coefficient (Wildman–Crippen LogP) is 7.17. The van der Waals surface area contributed by atoms with Gasteiger partial charge in [-0.1, -0.05) is 73.6 Å². The molecule has 0 atom stereocenters. The van der Waals surface area contributed by atoms with Crippen LogP contribution in [-0.4, -0.2) is 15.4 Å². The van der Waals surface area contributed by atoms with Crippen LogP contribution in [0.5, 0.6) is 11.5 Å². The van der Waals surface area contributed by atoms with Crippen molar-refractivity contribution in [3.63, 3.8) is 0 Å². The molecule has 0 aliphatic heterocycles. The molecule has 4 nitrogen and oxygen atoms in total. The van der Waals surface area contributed by atoms with Crippen molar-refractivity contribution in [3.05, 3.63) is 102 Å². The van der Waals surface area contributed by atoms with E-state index < -0.39 is 0 Å². The fourth-order valence-electron chi connectivity index (χ4n) is 3.48. The quantitative estimate of drug-likeness (QED) is 0.340. The number of hydrogen-bond donors (Lipinski definition) is 2. The third-order valence-corrected chi connectivity index (χ3v) is 5.00. The summed E-state index contributed by atoms with van der Waals surface area (Å²) in [6, 6.07) is 26.4. The molecule has 0 radical (unpaired) electrons. The van der Waals surface area contributed by atoms with Crippen molar-refractivity contribution in [1.82, 2.24) is 5.16 Å². The van der Waals surface area contributed by atoms with Crippen LogP contribution in [0.3, 0.4) is 0 Å². The minimum absolute atomic E-state index is 0.284. The molecule has 4 rings (SSSR count). The number of benzene rings is 3. The maximum Gasteiger partial charge on any atom is 0.166 e. The van der Waals surface area contributed by atoms with Gasteiger partial charge in [0.25, 0.3) is 0 Å². The summed E-state index contributed by atoms with van der Waals surface area (Å²) in [7, 11) is 0. The summed E-state index contributed by atoms with van der Waals surface area (Å²) in [5, 5.41) is 22.4. The van der Waals surface area contributed by atoms with E-state index in [9.17, 15) is 10.2 Å². The molecule has 0 saturated heterocycles. The molecule has 0 aliphatic rings. The normalized spacial score (nSPS) is 11.3. The molecule has 0 aliphatic carbocycles. The van der Waals surface area contributed by atoms with Crippen molar-refractivity contribution >= 4 is 11.1 Å². The zero-order valence-corrected chi connectivity index (χ0v) is 17.8. The maximum atomic E-state index is 9.41. The molecule has 1 aromatic heterocycles. The van der Waals surface area contributed by atoms with Crippen LogP contribution in [0.25, 0.3) is 22.5 Å². The van der Waals surface area contributed by atoms with E-state index in [1.165, 1.54) is 11.1 Å². The number of aromatic nitrogens is 1. The van der Waals surface area contributed by atoms with Gasteiger partial charge in [-0.2, -0.15) is 0 Å². The maximum absolute atomic E-state index is 9.41. The first-order chi connectivity index (χ1) is 15.1. The van der Waals surface area contributed by atoms with Gasteiger partial charge in [0.05, 0.1) is 6.20 Å². The van der Waals surface area contributed by atoms with Crippen molar-refractivity contribution in [3.8, 4) is 22.8 Å². The monoisotopic (exact) mass is 413 g/mol. The first-order valence-corrected chi connectivity index (χ1v) is 10.4. The van der Waals surface area contributed by atoms with Crippen molar-refractivity contribution in [2.45, 2.75) is 26.7 Å². The average molecular weight is 414 g/mol. The first kappa shape index (κ1) is 21.9. The molecule has 2 N–H and O–H groups in total. The van der Waals surface area contributed by atoms with Gasteiger partial charge in [-0.25, -0.2) is 0 Å². The van der Waals surface area contributed by atoms with E-state index in [-0.39, 0.29) is 11.5 Å². The number of allylic oxidation sites excluding steroid dienone is 2. The number of aromatic hydroxyl groups is 2. The van der Waals surface area contributed by atoms with E-state index in [0.29, 0.717) is 0 Å². The van der Waals surface area contributed by atoms with Gasteiger partial charge in [-0.3, -0.25) is 0 Å². The van der Waals surface area contributed by atoms with Gasteiger partial charge in [-0.15, -0.1) is 0 Å². The molecule has 31 heavy (non-hydrogen) atoms. The first-order valence-electron chi connectivity index (χ1n) is 10.4. The van der Waals surface area contributed by atoms with Gasteiger partial charge in [-0.05, 0) is 59.4 Å². The van der Waals surface area contributed by atoms with Gasteiger partial charge >= 0.3 is 0 Å². The molecule has 0 unspecified atom stereocenters. The Bertz CT molecular complexity index is 1030. The second kappa shape index (κ2) is 10.8. The zero-order chi connectivity index (χ0) is 22.1. The summed E-state index contributed by atoms with van der Waals surface area (Å²) in [6.45, 7) is 4.27. The van der Waals surface area contributed by atoms with Crippen LogP contribution in [-0.2, 0) is 0 Å². The van der Waals surface area contributed by atoms with E-state index in [1.807, 2.05) is 60.7 Å². The topological polar surface area (TPSA) is 66.5 Å². The highest BCUT2D eigenvalue weighted by Crippen LogP contribution is 2.32. The third kappa shape index (κ3) is 5.86. The Kier molecular flexibility index (Phi) is 7.66. The lowest BCUT2D eigenvalue weighted by atomic mass is 9.91. The Morgan fingerprint density at radius 2 is 1.16 bits per heavy atom. The van der Waals surface area contributed by atoms with Crippen molar-refractivity contribution in [2.75, 3.05) is 0 Å². The Morgan fingerprint density at radius 3 is 1.55 bits per heavy atom. The van der Waals surface area contributed by atoms with Crippen LogP contribution < -0.4 is 0 Å². The SMILES string of the molecule is CC/C(=C(/CC)c1ccc(O)cc1)c1ccc(O)cc1.c1ccc(-c2ccno2)cc1. The van der Waals surface area contributed by atoms with E-state index in [2.05, 4.69) is 19.0 Å². The van der Waals surface area contributed by atoms with E-state index >= 15 is 0 Å². The molecule has 3 aromatic carbocycles. The van der Waals surface area contributed by atoms with Crippen LogP contribution in [0.2, 0.25) is 0 Å². The standard InChI is InChI=1S/C18H20O2.C9H7NO/c1-3-17(13-5-9-15(19)10-6-13)18(4-2)14-7-11-16(20)12-8-14;1-2-4-8(5-3-1)9-6-7-10-11-9/h5-12,19-20H,3-4H2,1-2H3;1-7H/b18-17+;. The summed E-state index contributed by atoms with van der Waals surface area (Å²) in [5.41, 5.74) is 5.88. The molecule has 4 heteroatoms. The van der Waals surface area contributed by atoms with Crippen LogP contribution >= 0.6 is 0 Å². The van der Waals surface area contributed by atoms with Crippen LogP contribution in [0.1, 0.15) is 37.8 Å². The molecule has 0 spiro atoms. The lowest BCUT2D eigenvalue weighted by Gasteiger charge is -2.14. The van der Waals surface area contributed by atoms with Crippen molar-refractivity contribution in [2.24, 2.45) is 0 Å². The minimum Gasteiger partial charge on any atom is -0.508 e. The van der Waals surface area contributed by atoms with Gasteiger partial charge in [0.1, 0.15) is 11.5 Å². The highest BCUT2D eigenvalue weighted by Gasteiger charge is 2.09. The average Bonchev–Trinajstić information content (AvgIpc) is 3.35. The second-order valence-corrected chi connectivity index (χ2v) is 7.00. The van der Waals surface area contributed by atoms with Crippen molar-refractivity contribution < 1.29 is 14.7 Å². The summed E-state index contributed by atoms with van der Waals surface area (Å²) in [5.74, 6) is 1.38. The summed E-state index contributed by atoms with van der Waals surface area (Å²) in [4.78, 5) is 0. The molecular formula is C27H27NO3. The van der Waals surface area contributed by atoms with Gasteiger partial charge in [0.15, 0.2) is 5.76 Å². The van der Waals surface area contributed by atoms with E-state index in [1.54, 1.807) is 30.5 Å². The van der Waals surface area contributed by atoms with Crippen LogP contribution in [0, 0.1) is 0 Å². The summed E-state index contributed by atoms with van der Waals surface area (Å²) >= 11 is 0. The lowest BCUT2D eigenvalue weighted by Crippen LogP contribution is -1.91. The van der Waals surface area contributed by atoms with E-state index in [4.69, 9.17) is 4.52 Å². The Hall–Kier alpha value is -3.79. The molecule has 0 saturated carbocycles. The number of nitrogens with zero attached hydrogens (tertiary/aromatic N) is 1. The molecule has 0 amide bonds. The molecule has 4 aromatic rings. The zero-order valence-electron chi connectivity index (χ0n) is 17.8. The van der Waals surface area contributed by atoms with E-state index in [0.717, 1.165) is 35.3 Å². The van der Waals surface area contributed by atoms with Crippen LogP contribution in [0.15, 0.2) is 95.6 Å². The smallest absolute Gasteiger partial charge is 0.166 e. The van der Waals surface area contributed by atoms with Crippen LogP contribution in [0.4, 0.5) is 0 Å². The molecule has 1 heterocycles. The van der Waals surface area contributed by atoms with Gasteiger partial charge in [0.2, 0.25) is 0 Å². The number of phenols is 2. The molecule has 0 bridgehead atoms. The number of hydrogen-bond acceptors (Lipinski definition) is 4. The highest BCUT2D eigenvalue weighted by molar-refractivity contribution is 5.90. The Labute approximate surface area is 183 Å².